The van der Waals surface area contributed by atoms with Crippen molar-refractivity contribution >= 4 is 43.7 Å². The number of hydrogen-bond acceptors (Lipinski definition) is 1. The van der Waals surface area contributed by atoms with Crippen LogP contribution in [-0.4, -0.2) is 4.57 Å². The van der Waals surface area contributed by atoms with E-state index in [9.17, 15) is 0 Å². The Morgan fingerprint density at radius 1 is 0.383 bits per heavy atom. The zero-order valence-corrected chi connectivity index (χ0v) is 33.3. The van der Waals surface area contributed by atoms with Crippen molar-refractivity contribution in [3.8, 4) is 39.1 Å². The number of aromatic nitrogens is 1. The van der Waals surface area contributed by atoms with E-state index in [0.29, 0.717) is 0 Å². The molecule has 0 saturated heterocycles. The molecule has 0 aliphatic carbocycles. The van der Waals surface area contributed by atoms with Crippen molar-refractivity contribution in [3.05, 3.63) is 235 Å². The van der Waals surface area contributed by atoms with Gasteiger partial charge in [-0.25, -0.2) is 0 Å². The van der Waals surface area contributed by atoms with Crippen molar-refractivity contribution in [2.45, 2.75) is 25.2 Å². The maximum Gasteiger partial charge on any atom is 0.138 e. The summed E-state index contributed by atoms with van der Waals surface area (Å²) in [6, 6.07) is 79.4. The van der Waals surface area contributed by atoms with Crippen molar-refractivity contribution < 1.29 is 4.42 Å². The van der Waals surface area contributed by atoms with Gasteiger partial charge in [0, 0.05) is 27.2 Å². The van der Waals surface area contributed by atoms with Gasteiger partial charge in [-0.1, -0.05) is 176 Å². The Hall–Kier alpha value is -7.42. The molecule has 0 saturated carbocycles. The van der Waals surface area contributed by atoms with E-state index in [1.165, 1.54) is 83.0 Å². The van der Waals surface area contributed by atoms with Gasteiger partial charge in [0.25, 0.3) is 0 Å². The lowest BCUT2D eigenvalue weighted by atomic mass is 9.84. The van der Waals surface area contributed by atoms with Crippen LogP contribution < -0.4 is 0 Å². The Bertz CT molecular complexity index is 3190. The number of rotatable bonds is 10. The second kappa shape index (κ2) is 15.4. The van der Waals surface area contributed by atoms with Gasteiger partial charge in [0.15, 0.2) is 0 Å². The summed E-state index contributed by atoms with van der Waals surface area (Å²) in [5.41, 5.74) is 16.8. The molecule has 2 heterocycles. The van der Waals surface area contributed by atoms with Gasteiger partial charge in [-0.3, -0.25) is 0 Å². The summed E-state index contributed by atoms with van der Waals surface area (Å²) < 4.78 is 9.18. The maximum atomic E-state index is 6.79. The molecule has 0 spiro atoms. The van der Waals surface area contributed by atoms with Crippen molar-refractivity contribution in [3.63, 3.8) is 0 Å². The quantitative estimate of drug-likeness (QED) is 0.135. The number of benzene rings is 9. The minimum Gasteiger partial charge on any atom is -0.456 e. The van der Waals surface area contributed by atoms with Crippen LogP contribution in [0.25, 0.3) is 82.8 Å². The zero-order valence-electron chi connectivity index (χ0n) is 33.3. The molecule has 0 aliphatic heterocycles. The highest BCUT2D eigenvalue weighted by Crippen LogP contribution is 2.41. The average Bonchev–Trinajstić information content (AvgIpc) is 3.87. The van der Waals surface area contributed by atoms with Gasteiger partial charge < -0.3 is 8.98 Å². The fourth-order valence-corrected chi connectivity index (χ4v) is 9.28. The lowest BCUT2D eigenvalue weighted by Crippen LogP contribution is -2.06. The van der Waals surface area contributed by atoms with Crippen LogP contribution in [0.5, 0.6) is 0 Å². The Labute approximate surface area is 350 Å². The predicted molar refractivity (Wildman–Crippen MR) is 252 cm³/mol. The first-order valence-electron chi connectivity index (χ1n) is 21.1. The van der Waals surface area contributed by atoms with E-state index in [4.69, 9.17) is 4.42 Å². The Balaban J connectivity index is 0.948. The monoisotopic (exact) mass is 769 g/mol. The lowest BCUT2D eigenvalue weighted by Gasteiger charge is -2.20. The van der Waals surface area contributed by atoms with E-state index >= 15 is 0 Å². The molecule has 0 amide bonds. The van der Waals surface area contributed by atoms with E-state index in [-0.39, 0.29) is 5.92 Å². The van der Waals surface area contributed by atoms with Crippen LogP contribution in [0.4, 0.5) is 0 Å². The molecular weight excluding hydrogens is 727 g/mol. The van der Waals surface area contributed by atoms with E-state index < -0.39 is 0 Å². The third-order valence-corrected chi connectivity index (χ3v) is 12.4. The van der Waals surface area contributed by atoms with Gasteiger partial charge in [0.05, 0.1) is 11.0 Å². The first kappa shape index (κ1) is 35.7. The highest BCUT2D eigenvalue weighted by Gasteiger charge is 2.22. The largest absolute Gasteiger partial charge is 0.456 e. The molecule has 11 rings (SSSR count). The van der Waals surface area contributed by atoms with E-state index in [1.807, 2.05) is 0 Å². The van der Waals surface area contributed by atoms with Gasteiger partial charge >= 0.3 is 0 Å². The van der Waals surface area contributed by atoms with Gasteiger partial charge in [-0.2, -0.15) is 0 Å². The molecule has 11 aromatic rings. The predicted octanol–water partition coefficient (Wildman–Crippen LogP) is 15.6. The smallest absolute Gasteiger partial charge is 0.138 e. The minimum absolute atomic E-state index is 0.213. The Morgan fingerprint density at radius 3 is 1.48 bits per heavy atom. The molecule has 286 valence electrons. The highest BCUT2D eigenvalue weighted by molar-refractivity contribution is 6.09. The first-order valence-corrected chi connectivity index (χ1v) is 21.1. The van der Waals surface area contributed by atoms with Crippen LogP contribution in [0, 0.1) is 0 Å². The number of aryl methyl sites for hydroxylation is 1. The minimum atomic E-state index is 0.213. The fourth-order valence-electron chi connectivity index (χ4n) is 9.28. The van der Waals surface area contributed by atoms with Crippen LogP contribution in [0.2, 0.25) is 0 Å². The summed E-state index contributed by atoms with van der Waals surface area (Å²) in [6.07, 6.45) is 2.82. The summed E-state index contributed by atoms with van der Waals surface area (Å²) >= 11 is 0. The summed E-state index contributed by atoms with van der Waals surface area (Å²) in [5, 5.41) is 4.90. The number of hydrogen-bond donors (Lipinski definition) is 0. The molecule has 0 aliphatic rings. The van der Waals surface area contributed by atoms with Gasteiger partial charge in [0.2, 0.25) is 0 Å². The molecule has 1 unspecified atom stereocenters. The summed E-state index contributed by atoms with van der Waals surface area (Å²) in [4.78, 5) is 0. The van der Waals surface area contributed by atoms with Crippen LogP contribution >= 0.6 is 0 Å². The third kappa shape index (κ3) is 6.67. The Morgan fingerprint density at radius 2 is 0.867 bits per heavy atom. The molecule has 2 nitrogen and oxygen atoms in total. The normalized spacial score (nSPS) is 12.1. The third-order valence-electron chi connectivity index (χ3n) is 12.4. The van der Waals surface area contributed by atoms with Gasteiger partial charge in [0.1, 0.15) is 11.2 Å². The molecule has 0 N–H and O–H groups in total. The van der Waals surface area contributed by atoms with Crippen molar-refractivity contribution in [1.29, 1.82) is 0 Å². The van der Waals surface area contributed by atoms with Gasteiger partial charge in [-0.05, 0) is 118 Å². The molecule has 0 bridgehead atoms. The zero-order chi connectivity index (χ0) is 39.8. The topological polar surface area (TPSA) is 18.1 Å². The van der Waals surface area contributed by atoms with Crippen molar-refractivity contribution in [2.75, 3.05) is 0 Å². The van der Waals surface area contributed by atoms with E-state index in [0.717, 1.165) is 35.8 Å². The molecule has 2 aromatic heterocycles. The second-order valence-corrected chi connectivity index (χ2v) is 16.0. The van der Waals surface area contributed by atoms with Crippen LogP contribution in [-0.2, 0) is 12.8 Å². The molecule has 0 fully saturated rings. The average molecular weight is 770 g/mol. The molecule has 9 aromatic carbocycles. The fraction of sp³-hybridized carbons (Fsp3) is 0.0690. The summed E-state index contributed by atoms with van der Waals surface area (Å²) in [5.74, 6) is 0.213. The van der Waals surface area contributed by atoms with Crippen molar-refractivity contribution in [2.24, 2.45) is 0 Å². The molecule has 2 heteroatoms. The first-order chi connectivity index (χ1) is 29.7. The molecule has 0 radical (unpaired) electrons. The second-order valence-electron chi connectivity index (χ2n) is 16.0. The number of fused-ring (bicyclic) bond motifs is 6. The highest BCUT2D eigenvalue weighted by atomic mass is 16.3. The molecular formula is C58H43NO. The number of nitrogens with zero attached hydrogens (tertiary/aromatic N) is 1. The van der Waals surface area contributed by atoms with Crippen molar-refractivity contribution in [1.82, 2.24) is 4.57 Å². The number of furan rings is 1. The lowest BCUT2D eigenvalue weighted by molar-refractivity contribution is 0.601. The van der Waals surface area contributed by atoms with Gasteiger partial charge in [-0.15, -0.1) is 0 Å². The standard InChI is InChI=1S/C58H43NO/c1-3-13-42(14-4-1)45-31-33-46(34-32-45)44-28-24-41(25-29-44)37-47(53-38-48(43-15-5-2-6-16-43)39-54-52-19-9-12-22-57(52)60-58(53)54)30-23-40-26-35-49(36-27-40)59-55-20-10-7-17-50(55)51-18-8-11-21-56(51)59/h1-22,24-29,31-36,38-39,47H,23,30,37H2. The maximum absolute atomic E-state index is 6.79. The van der Waals surface area contributed by atoms with Crippen LogP contribution in [0.15, 0.2) is 223 Å². The Kier molecular flexibility index (Phi) is 9.17. The molecule has 60 heavy (non-hydrogen) atoms. The van der Waals surface area contributed by atoms with Crippen LogP contribution in [0.3, 0.4) is 0 Å². The summed E-state index contributed by atoms with van der Waals surface area (Å²) in [6.45, 7) is 0. The van der Waals surface area contributed by atoms with Crippen LogP contribution in [0.1, 0.15) is 29.0 Å². The number of para-hydroxylation sites is 3. The summed E-state index contributed by atoms with van der Waals surface area (Å²) in [7, 11) is 0. The molecule has 1 atom stereocenters. The SMILES string of the molecule is c1ccc(-c2ccc(-c3ccc(CC(CCc4ccc(-n5c6ccccc6c6ccccc65)cc4)c4cc(-c5ccccc5)cc5c4oc4ccccc45)cc3)cc2)cc1. The van der Waals surface area contributed by atoms with E-state index in [2.05, 4.69) is 223 Å². The van der Waals surface area contributed by atoms with E-state index in [1.54, 1.807) is 0 Å².